The lowest BCUT2D eigenvalue weighted by atomic mass is 9.91. The van der Waals surface area contributed by atoms with Crippen molar-refractivity contribution in [2.24, 2.45) is 17.6 Å². The fraction of sp³-hybridized carbons (Fsp3) is 0.520. The molecular weight excluding hydrogens is 505 g/mol. The van der Waals surface area contributed by atoms with Gasteiger partial charge in [-0.3, -0.25) is 19.2 Å². The highest BCUT2D eigenvalue weighted by Crippen LogP contribution is 2.36. The Labute approximate surface area is 218 Å². The van der Waals surface area contributed by atoms with Crippen LogP contribution >= 0.6 is 11.6 Å². The maximum Gasteiger partial charge on any atom is 0.268 e. The predicted octanol–water partition coefficient (Wildman–Crippen LogP) is 2.14. The fourth-order valence-electron chi connectivity index (χ4n) is 4.87. The lowest BCUT2D eigenvalue weighted by Crippen LogP contribution is -2.53. The molecule has 6 N–H and O–H groups in total. The van der Waals surface area contributed by atoms with E-state index in [4.69, 9.17) is 22.1 Å². The van der Waals surface area contributed by atoms with Gasteiger partial charge >= 0.3 is 0 Å². The number of hydrogen-bond acceptors (Lipinski definition) is 5. The van der Waals surface area contributed by atoms with Crippen LogP contribution in [-0.2, 0) is 14.4 Å². The number of fused-ring (bicyclic) bond motifs is 1. The van der Waals surface area contributed by atoms with E-state index >= 15 is 0 Å². The third-order valence-corrected chi connectivity index (χ3v) is 7.16. The Morgan fingerprint density at radius 1 is 1.22 bits per heavy atom. The van der Waals surface area contributed by atoms with E-state index in [2.05, 4.69) is 20.9 Å². The van der Waals surface area contributed by atoms with E-state index in [9.17, 15) is 23.6 Å². The number of aromatic nitrogens is 1. The van der Waals surface area contributed by atoms with Crippen molar-refractivity contribution in [2.75, 3.05) is 7.11 Å². The molecule has 4 rings (SSSR count). The van der Waals surface area contributed by atoms with E-state index in [1.807, 2.05) is 13.8 Å². The predicted molar refractivity (Wildman–Crippen MR) is 134 cm³/mol. The number of benzene rings is 1. The smallest absolute Gasteiger partial charge is 0.268 e. The molecule has 12 heteroatoms. The van der Waals surface area contributed by atoms with Crippen molar-refractivity contribution in [1.29, 1.82) is 0 Å². The number of halogens is 2. The van der Waals surface area contributed by atoms with E-state index in [1.54, 1.807) is 0 Å². The number of nitrogens with two attached hydrogens (primary N) is 1. The summed E-state index contributed by atoms with van der Waals surface area (Å²) in [6.07, 6.45) is 2.76. The van der Waals surface area contributed by atoms with Crippen LogP contribution in [0.4, 0.5) is 4.39 Å². The first kappa shape index (κ1) is 26.7. The molecule has 1 aromatic carbocycles. The van der Waals surface area contributed by atoms with Gasteiger partial charge in [-0.2, -0.15) is 0 Å². The second kappa shape index (κ2) is 10.2. The summed E-state index contributed by atoms with van der Waals surface area (Å²) >= 11 is 6.05. The topological polar surface area (TPSA) is 155 Å². The summed E-state index contributed by atoms with van der Waals surface area (Å²) in [6, 6.07) is 0.443. The van der Waals surface area contributed by atoms with E-state index in [1.165, 1.54) is 13.2 Å². The van der Waals surface area contributed by atoms with E-state index in [0.29, 0.717) is 12.8 Å². The number of rotatable bonds is 10. The summed E-state index contributed by atoms with van der Waals surface area (Å²) in [5.74, 6) is -2.85. The third kappa shape index (κ3) is 5.98. The van der Waals surface area contributed by atoms with E-state index < -0.39 is 47.1 Å². The largest absolute Gasteiger partial charge is 0.494 e. The normalized spacial score (nSPS) is 20.2. The highest BCUT2D eigenvalue weighted by Gasteiger charge is 2.40. The first-order chi connectivity index (χ1) is 17.4. The lowest BCUT2D eigenvalue weighted by Gasteiger charge is -2.23. The van der Waals surface area contributed by atoms with Crippen molar-refractivity contribution in [3.05, 3.63) is 28.7 Å². The second-order valence-corrected chi connectivity index (χ2v) is 10.9. The quantitative estimate of drug-likeness (QED) is 0.315. The number of H-pyrrole nitrogens is 1. The molecule has 1 saturated carbocycles. The van der Waals surface area contributed by atoms with Crippen LogP contribution in [-0.4, -0.2) is 53.3 Å². The van der Waals surface area contributed by atoms with Crippen LogP contribution in [0.5, 0.6) is 5.75 Å². The summed E-state index contributed by atoms with van der Waals surface area (Å²) in [5, 5.41) is 8.52. The highest BCUT2D eigenvalue weighted by molar-refractivity contribution is 6.33. The van der Waals surface area contributed by atoms with Gasteiger partial charge in [-0.25, -0.2) is 4.39 Å². The number of hydrogen-bond donors (Lipinski definition) is 5. The van der Waals surface area contributed by atoms with Crippen LogP contribution < -0.4 is 26.4 Å². The summed E-state index contributed by atoms with van der Waals surface area (Å²) in [5.41, 5.74) is 5.18. The molecule has 3 atom stereocenters. The third-order valence-electron chi connectivity index (χ3n) is 6.88. The second-order valence-electron chi connectivity index (χ2n) is 10.5. The molecule has 3 unspecified atom stereocenters. The van der Waals surface area contributed by atoms with Gasteiger partial charge in [-0.1, -0.05) is 24.4 Å². The Balaban J connectivity index is 1.50. The monoisotopic (exact) mass is 535 g/mol. The summed E-state index contributed by atoms with van der Waals surface area (Å²) in [7, 11) is 1.38. The van der Waals surface area contributed by atoms with Gasteiger partial charge in [0.05, 0.1) is 17.6 Å². The fourth-order valence-corrected chi connectivity index (χ4v) is 5.15. The summed E-state index contributed by atoms with van der Waals surface area (Å²) in [6.45, 7) is 3.76. The standard InChI is InChI=1S/C25H31ClFN5O5/c1-25(2)10-12(22(34)32-25)7-16(21(28)33)30-23(35)17(6-11-4-5-11)31-24(36)18-8-13-19(29-18)15(27)9-14(26)20(13)37-3/h8-9,11-12,16-17,29H,4-7,10H2,1-3H3,(H2,28,33)(H,30,35)(H,31,36)(H,32,34). The van der Waals surface area contributed by atoms with Crippen molar-refractivity contribution in [3.8, 4) is 5.75 Å². The summed E-state index contributed by atoms with van der Waals surface area (Å²) in [4.78, 5) is 53.4. The van der Waals surface area contributed by atoms with Gasteiger partial charge in [0.15, 0.2) is 0 Å². The van der Waals surface area contributed by atoms with Gasteiger partial charge < -0.3 is 31.4 Å². The van der Waals surface area contributed by atoms with Crippen molar-refractivity contribution in [2.45, 2.75) is 63.6 Å². The molecule has 2 aliphatic rings. The molecule has 37 heavy (non-hydrogen) atoms. The van der Waals surface area contributed by atoms with E-state index in [-0.39, 0.29) is 45.6 Å². The van der Waals surface area contributed by atoms with Gasteiger partial charge in [0.1, 0.15) is 29.3 Å². The summed E-state index contributed by atoms with van der Waals surface area (Å²) < 4.78 is 19.7. The molecule has 0 spiro atoms. The number of amides is 4. The van der Waals surface area contributed by atoms with Gasteiger partial charge in [0, 0.05) is 16.8 Å². The minimum absolute atomic E-state index is 0.0133. The number of primary amides is 1. The van der Waals surface area contributed by atoms with Crippen molar-refractivity contribution >= 4 is 46.1 Å². The SMILES string of the molecule is COc1c(Cl)cc(F)c2[nH]c(C(=O)NC(CC3CC3)C(=O)NC(CC3CC(C)(C)NC3=O)C(N)=O)cc12. The minimum atomic E-state index is -1.08. The Kier molecular flexibility index (Phi) is 7.36. The molecule has 0 radical (unpaired) electrons. The molecule has 10 nitrogen and oxygen atoms in total. The number of aromatic amines is 1. The van der Waals surface area contributed by atoms with Crippen LogP contribution in [0, 0.1) is 17.7 Å². The van der Waals surface area contributed by atoms with Gasteiger partial charge in [0.2, 0.25) is 17.7 Å². The number of methoxy groups -OCH3 is 1. The molecule has 0 bridgehead atoms. The Morgan fingerprint density at radius 3 is 2.49 bits per heavy atom. The minimum Gasteiger partial charge on any atom is -0.494 e. The Hall–Kier alpha value is -3.34. The molecular formula is C25H31ClFN5O5. The number of carbonyl (C=O) groups is 4. The molecule has 200 valence electrons. The van der Waals surface area contributed by atoms with E-state index in [0.717, 1.165) is 18.9 Å². The van der Waals surface area contributed by atoms with Crippen molar-refractivity contribution in [3.63, 3.8) is 0 Å². The van der Waals surface area contributed by atoms with Crippen LogP contribution in [0.3, 0.4) is 0 Å². The average molecular weight is 536 g/mol. The maximum atomic E-state index is 14.4. The van der Waals surface area contributed by atoms with Crippen molar-refractivity contribution in [1.82, 2.24) is 20.9 Å². The lowest BCUT2D eigenvalue weighted by molar-refractivity contribution is -0.130. The average Bonchev–Trinajstić information content (AvgIpc) is 3.43. The van der Waals surface area contributed by atoms with Crippen LogP contribution in [0.15, 0.2) is 12.1 Å². The molecule has 2 fully saturated rings. The maximum absolute atomic E-state index is 14.4. The van der Waals surface area contributed by atoms with Crippen molar-refractivity contribution < 1.29 is 28.3 Å². The van der Waals surface area contributed by atoms with Crippen LogP contribution in [0.25, 0.3) is 10.9 Å². The molecule has 4 amide bonds. The first-order valence-corrected chi connectivity index (χ1v) is 12.5. The zero-order valence-electron chi connectivity index (χ0n) is 20.9. The highest BCUT2D eigenvalue weighted by atomic mass is 35.5. The molecule has 2 heterocycles. The zero-order valence-corrected chi connectivity index (χ0v) is 21.6. The molecule has 2 aromatic rings. The molecule has 1 aliphatic carbocycles. The molecule has 1 aromatic heterocycles. The number of carbonyl (C=O) groups excluding carboxylic acids is 4. The zero-order chi connectivity index (χ0) is 27.1. The first-order valence-electron chi connectivity index (χ1n) is 12.2. The Bertz CT molecular complexity index is 1260. The van der Waals surface area contributed by atoms with Crippen LogP contribution in [0.1, 0.15) is 56.4 Å². The number of nitrogens with one attached hydrogen (secondary N) is 4. The Morgan fingerprint density at radius 2 is 1.92 bits per heavy atom. The van der Waals surface area contributed by atoms with Crippen LogP contribution in [0.2, 0.25) is 5.02 Å². The van der Waals surface area contributed by atoms with Gasteiger partial charge in [0.25, 0.3) is 5.91 Å². The molecule has 1 saturated heterocycles. The number of ether oxygens (including phenoxy) is 1. The molecule has 1 aliphatic heterocycles. The van der Waals surface area contributed by atoms with Gasteiger partial charge in [-0.15, -0.1) is 0 Å². The van der Waals surface area contributed by atoms with Gasteiger partial charge in [-0.05, 0) is 51.2 Å².